The molecule has 0 saturated heterocycles. The molecule has 0 aliphatic carbocycles. The molecule has 0 unspecified atom stereocenters. The Kier molecular flexibility index (Phi) is 6.45. The van der Waals surface area contributed by atoms with Crippen LogP contribution in [0.3, 0.4) is 0 Å². The van der Waals surface area contributed by atoms with Gasteiger partial charge in [-0.15, -0.1) is 11.3 Å². The van der Waals surface area contributed by atoms with Crippen LogP contribution in [0.25, 0.3) is 17.1 Å². The molecule has 0 aromatic carbocycles. The van der Waals surface area contributed by atoms with Gasteiger partial charge in [-0.25, -0.2) is 15.0 Å². The molecule has 0 N–H and O–H groups in total. The number of thiazole rings is 1. The topological polar surface area (TPSA) is 82.8 Å². The van der Waals surface area contributed by atoms with E-state index >= 15 is 0 Å². The third kappa shape index (κ3) is 5.04. The molecule has 4 rings (SSSR count). The number of halogens is 1. The number of rotatable bonds is 5. The second-order valence-electron chi connectivity index (χ2n) is 8.67. The first-order chi connectivity index (χ1) is 15.6. The van der Waals surface area contributed by atoms with Crippen molar-refractivity contribution in [3.8, 4) is 22.8 Å². The maximum atomic E-state index is 13.2. The summed E-state index contributed by atoms with van der Waals surface area (Å²) in [5.74, 6) is 1.22. The zero-order valence-corrected chi connectivity index (χ0v) is 21.5. The molecule has 4 heterocycles. The van der Waals surface area contributed by atoms with Crippen molar-refractivity contribution in [1.29, 1.82) is 0 Å². The van der Waals surface area contributed by atoms with Gasteiger partial charge < -0.3 is 4.74 Å². The monoisotopic (exact) mass is 525 g/mol. The van der Waals surface area contributed by atoms with Crippen LogP contribution in [0, 0.1) is 13.8 Å². The number of hydrogen-bond donors (Lipinski definition) is 0. The fraction of sp³-hybridized carbons (Fsp3) is 0.292. The van der Waals surface area contributed by atoms with E-state index in [-0.39, 0.29) is 11.0 Å². The quantitative estimate of drug-likeness (QED) is 0.346. The summed E-state index contributed by atoms with van der Waals surface area (Å²) in [6.45, 7) is 10.3. The van der Waals surface area contributed by atoms with Gasteiger partial charge in [0.05, 0.1) is 27.8 Å². The van der Waals surface area contributed by atoms with Crippen LogP contribution in [0.1, 0.15) is 43.0 Å². The Morgan fingerprint density at radius 1 is 1.06 bits per heavy atom. The SMILES string of the molecule is Cc1nc(COc2cc(C)n(-c3ccnc(-c4ccnc(C(C)(C)C)n4)c3)c(=O)c2Br)cs1. The maximum absolute atomic E-state index is 13.2. The van der Waals surface area contributed by atoms with E-state index in [1.807, 2.05) is 37.4 Å². The molecule has 0 aliphatic heterocycles. The lowest BCUT2D eigenvalue weighted by molar-refractivity contribution is 0.298. The average Bonchev–Trinajstić information content (AvgIpc) is 3.20. The molecule has 0 radical (unpaired) electrons. The van der Waals surface area contributed by atoms with Gasteiger partial charge in [0.1, 0.15) is 22.7 Å². The van der Waals surface area contributed by atoms with Crippen LogP contribution in [-0.4, -0.2) is 24.5 Å². The standard InChI is InChI=1S/C24H24BrN5O2S/c1-14-10-20(32-12-16-13-33-15(2)28-16)21(25)22(31)30(14)17-6-8-26-19(11-17)18-7-9-27-23(29-18)24(3,4)5/h6-11,13H,12H2,1-5H3. The Bertz CT molecular complexity index is 1370. The number of aryl methyl sites for hydroxylation is 2. The highest BCUT2D eigenvalue weighted by Gasteiger charge is 2.19. The van der Waals surface area contributed by atoms with Crippen LogP contribution >= 0.6 is 27.3 Å². The van der Waals surface area contributed by atoms with E-state index in [1.165, 1.54) is 0 Å². The van der Waals surface area contributed by atoms with Crippen LogP contribution in [0.4, 0.5) is 0 Å². The predicted molar refractivity (Wildman–Crippen MR) is 133 cm³/mol. The number of hydrogen-bond acceptors (Lipinski definition) is 7. The van der Waals surface area contributed by atoms with E-state index in [9.17, 15) is 4.79 Å². The third-order valence-electron chi connectivity index (χ3n) is 4.93. The Balaban J connectivity index is 1.69. The Labute approximate surface area is 204 Å². The molecule has 4 aromatic rings. The lowest BCUT2D eigenvalue weighted by Crippen LogP contribution is -2.22. The van der Waals surface area contributed by atoms with Crippen LogP contribution in [0.15, 0.2) is 51.3 Å². The molecule has 0 bridgehead atoms. The molecule has 33 heavy (non-hydrogen) atoms. The predicted octanol–water partition coefficient (Wildman–Crippen LogP) is 5.40. The van der Waals surface area contributed by atoms with Crippen LogP contribution < -0.4 is 10.3 Å². The highest BCUT2D eigenvalue weighted by Crippen LogP contribution is 2.27. The van der Waals surface area contributed by atoms with Crippen molar-refractivity contribution in [3.05, 3.63) is 79.1 Å². The van der Waals surface area contributed by atoms with Gasteiger partial charge in [0.2, 0.25) is 0 Å². The van der Waals surface area contributed by atoms with Crippen LogP contribution in [-0.2, 0) is 12.0 Å². The number of aromatic nitrogens is 5. The number of ether oxygens (including phenoxy) is 1. The second-order valence-corrected chi connectivity index (χ2v) is 10.5. The smallest absolute Gasteiger partial charge is 0.273 e. The molecule has 7 nitrogen and oxygen atoms in total. The lowest BCUT2D eigenvalue weighted by atomic mass is 9.95. The van der Waals surface area contributed by atoms with E-state index in [1.54, 1.807) is 34.4 Å². The van der Waals surface area contributed by atoms with E-state index < -0.39 is 0 Å². The van der Waals surface area contributed by atoms with Gasteiger partial charge in [-0.3, -0.25) is 14.3 Å². The largest absolute Gasteiger partial charge is 0.486 e. The summed E-state index contributed by atoms with van der Waals surface area (Å²) in [5.41, 5.74) is 3.25. The van der Waals surface area contributed by atoms with E-state index in [0.29, 0.717) is 33.9 Å². The summed E-state index contributed by atoms with van der Waals surface area (Å²) >= 11 is 4.99. The molecular weight excluding hydrogens is 502 g/mol. The lowest BCUT2D eigenvalue weighted by Gasteiger charge is -2.17. The Morgan fingerprint density at radius 2 is 1.82 bits per heavy atom. The van der Waals surface area contributed by atoms with E-state index in [4.69, 9.17) is 4.74 Å². The molecule has 0 fully saturated rings. The van der Waals surface area contributed by atoms with Crippen molar-refractivity contribution >= 4 is 27.3 Å². The normalized spacial score (nSPS) is 11.6. The molecular formula is C24H24BrN5O2S. The summed E-state index contributed by atoms with van der Waals surface area (Å²) in [6, 6.07) is 7.32. The zero-order chi connectivity index (χ0) is 23.8. The van der Waals surface area contributed by atoms with E-state index in [0.717, 1.165) is 22.2 Å². The van der Waals surface area contributed by atoms with Crippen molar-refractivity contribution < 1.29 is 4.74 Å². The minimum atomic E-state index is -0.213. The summed E-state index contributed by atoms with van der Waals surface area (Å²) < 4.78 is 7.86. The number of pyridine rings is 2. The molecule has 170 valence electrons. The first-order valence-electron chi connectivity index (χ1n) is 10.4. The molecule has 9 heteroatoms. The maximum Gasteiger partial charge on any atom is 0.273 e. The van der Waals surface area contributed by atoms with Crippen molar-refractivity contribution in [2.24, 2.45) is 0 Å². The number of nitrogens with zero attached hydrogens (tertiary/aromatic N) is 5. The fourth-order valence-electron chi connectivity index (χ4n) is 3.29. The van der Waals surface area contributed by atoms with Crippen molar-refractivity contribution in [2.75, 3.05) is 0 Å². The van der Waals surface area contributed by atoms with Gasteiger partial charge >= 0.3 is 0 Å². The van der Waals surface area contributed by atoms with Gasteiger partial charge in [-0.2, -0.15) is 0 Å². The van der Waals surface area contributed by atoms with Gasteiger partial charge in [-0.1, -0.05) is 20.8 Å². The fourth-order valence-corrected chi connectivity index (χ4v) is 4.30. The van der Waals surface area contributed by atoms with Gasteiger partial charge in [0.15, 0.2) is 0 Å². The van der Waals surface area contributed by atoms with Gasteiger partial charge in [0, 0.05) is 34.9 Å². The van der Waals surface area contributed by atoms with Gasteiger partial charge in [-0.05, 0) is 48.0 Å². The van der Waals surface area contributed by atoms with Crippen molar-refractivity contribution in [1.82, 2.24) is 24.5 Å². The minimum absolute atomic E-state index is 0.181. The summed E-state index contributed by atoms with van der Waals surface area (Å²) in [5, 5.41) is 2.93. The van der Waals surface area contributed by atoms with Crippen molar-refractivity contribution in [2.45, 2.75) is 46.6 Å². The Hall–Kier alpha value is -2.91. The molecule has 0 atom stereocenters. The zero-order valence-electron chi connectivity index (χ0n) is 19.1. The first kappa shape index (κ1) is 23.3. The molecule has 0 amide bonds. The van der Waals surface area contributed by atoms with Crippen molar-refractivity contribution in [3.63, 3.8) is 0 Å². The minimum Gasteiger partial charge on any atom is -0.486 e. The molecule has 0 saturated carbocycles. The molecule has 0 spiro atoms. The molecule has 0 aliphatic rings. The summed E-state index contributed by atoms with van der Waals surface area (Å²) in [4.78, 5) is 31.2. The molecule has 4 aromatic heterocycles. The van der Waals surface area contributed by atoms with Gasteiger partial charge in [0.25, 0.3) is 5.56 Å². The summed E-state index contributed by atoms with van der Waals surface area (Å²) in [6.07, 6.45) is 3.42. The van der Waals surface area contributed by atoms with Crippen LogP contribution in [0.2, 0.25) is 0 Å². The van der Waals surface area contributed by atoms with E-state index in [2.05, 4.69) is 56.6 Å². The second kappa shape index (κ2) is 9.15. The summed E-state index contributed by atoms with van der Waals surface area (Å²) in [7, 11) is 0. The Morgan fingerprint density at radius 3 is 2.52 bits per heavy atom. The first-order valence-corrected chi connectivity index (χ1v) is 12.1. The third-order valence-corrected chi connectivity index (χ3v) is 6.48. The average molecular weight is 526 g/mol. The highest BCUT2D eigenvalue weighted by atomic mass is 79.9. The van der Waals surface area contributed by atoms with Crippen LogP contribution in [0.5, 0.6) is 5.75 Å². The highest BCUT2D eigenvalue weighted by molar-refractivity contribution is 9.10.